The van der Waals surface area contributed by atoms with Crippen LogP contribution in [0.25, 0.3) is 0 Å². The van der Waals surface area contributed by atoms with E-state index in [9.17, 15) is 0 Å². The minimum Gasteiger partial charge on any atom is 0 e. The van der Waals surface area contributed by atoms with Crippen LogP contribution in [0.4, 0.5) is 0 Å². The summed E-state index contributed by atoms with van der Waals surface area (Å²) >= 11 is 2.94. The summed E-state index contributed by atoms with van der Waals surface area (Å²) in [5, 5.41) is 0. The molecule has 0 amide bonds. The smallest absolute Gasteiger partial charge is 0 e. The van der Waals surface area contributed by atoms with Crippen LogP contribution in [0, 0.1) is 41.3 Å². The molecule has 0 aliphatic heterocycles. The first-order chi connectivity index (χ1) is 1.00. The Balaban J connectivity index is -0.000000000833. The maximum Gasteiger partial charge on any atom is 0 e. The first kappa shape index (κ1) is 15.7. The van der Waals surface area contributed by atoms with Crippen LogP contribution in [0.2, 0.25) is 0 Å². The average molecular weight is 360 g/mol. The topological polar surface area (TPSA) is 17.1 Å². The van der Waals surface area contributed by atoms with E-state index in [1.54, 1.807) is 0 Å². The largest absolute Gasteiger partial charge is 0 e. The van der Waals surface area contributed by atoms with E-state index in [2.05, 4.69) is 15.9 Å². The molecule has 0 fully saturated rings. The van der Waals surface area contributed by atoms with Crippen molar-refractivity contribution in [1.82, 2.24) is 0 Å². The molecular weight excluding hydrogens is 358 g/mol. The molecule has 4 heavy (non-hydrogen) atoms. The first-order valence-electron chi connectivity index (χ1n) is 0.123. The molecule has 0 saturated carbocycles. The molecule has 0 aliphatic carbocycles. The van der Waals surface area contributed by atoms with Crippen LogP contribution in [-0.2, 0) is 19.8 Å². The fraction of sp³-hybridized carbons (Fsp3) is 0. The third kappa shape index (κ3) is 8.98. The van der Waals surface area contributed by atoms with Gasteiger partial charge in [-0.05, 0) is 0 Å². The standard InChI is InChI=1S/Ba.Cu.O.Pr.2H/q+2;;;;2*-1. The van der Waals surface area contributed by atoms with Crippen molar-refractivity contribution in [1.29, 1.82) is 0 Å². The van der Waals surface area contributed by atoms with Crippen molar-refractivity contribution in [2.75, 3.05) is 0 Å². The Morgan fingerprint density at radius 2 is 1.50 bits per heavy atom. The van der Waals surface area contributed by atoms with Crippen LogP contribution < -0.4 is 0 Å². The monoisotopic (exact) mass is 360 g/mol. The molecule has 0 aromatic rings. The maximum absolute atomic E-state index is 7.81. The fourth-order valence-corrected chi connectivity index (χ4v) is 0. The molecule has 0 rings (SSSR count). The van der Waals surface area contributed by atoms with Gasteiger partial charge in [0.2, 0.25) is 0 Å². The van der Waals surface area contributed by atoms with Crippen LogP contribution >= 0.6 is 0 Å². The number of rotatable bonds is 0. The van der Waals surface area contributed by atoms with Gasteiger partial charge in [0.05, 0.1) is 0 Å². The Hall–Kier alpha value is 3.25. The van der Waals surface area contributed by atoms with E-state index in [-0.39, 0.29) is 93.0 Å². The molecule has 0 heterocycles. The summed E-state index contributed by atoms with van der Waals surface area (Å²) < 4.78 is 7.81. The summed E-state index contributed by atoms with van der Waals surface area (Å²) in [5.74, 6) is 0. The molecule has 0 spiro atoms. The van der Waals surface area contributed by atoms with Gasteiger partial charge in [-0.1, -0.05) is 0 Å². The Labute approximate surface area is 110 Å². The van der Waals surface area contributed by atoms with Crippen LogP contribution in [0.5, 0.6) is 0 Å². The third-order valence-electron chi connectivity index (χ3n) is 0. The number of hydrogen-bond acceptors (Lipinski definition) is 1. The van der Waals surface area contributed by atoms with E-state index in [0.29, 0.717) is 0 Å². The molecule has 0 aliphatic rings. The zero-order chi connectivity index (χ0) is 2.00. The molecular formula is H2BaCuOPr. The van der Waals surface area contributed by atoms with Gasteiger partial charge >= 0.3 is 68.7 Å². The zero-order valence-electron chi connectivity index (χ0n) is 3.99. The van der Waals surface area contributed by atoms with Crippen molar-refractivity contribution in [3.05, 3.63) is 0 Å². The molecule has 4 heteroatoms. The molecule has 24 valence electrons. The second-order valence-electron chi connectivity index (χ2n) is 0. The minimum absolute atomic E-state index is 0. The van der Waals surface area contributed by atoms with Crippen LogP contribution in [0.15, 0.2) is 0 Å². The van der Waals surface area contributed by atoms with E-state index >= 15 is 0 Å². The fourth-order valence-electron chi connectivity index (χ4n) is 0. The van der Waals surface area contributed by atoms with Crippen LogP contribution in [0.1, 0.15) is 2.85 Å². The molecule has 0 aromatic carbocycles. The predicted octanol–water partition coefficient (Wildman–Crippen LogP) is -0.277. The SMILES string of the molecule is [Ba+2].[H-].[H-].[O]=[Cu].[Pr]. The van der Waals surface area contributed by atoms with Crippen molar-refractivity contribution in [3.8, 4) is 0 Å². The van der Waals surface area contributed by atoms with Gasteiger partial charge in [-0.3, -0.25) is 0 Å². The van der Waals surface area contributed by atoms with Gasteiger partial charge in [0.15, 0.2) is 0 Å². The quantitative estimate of drug-likeness (QED) is 0.544. The van der Waals surface area contributed by atoms with Gasteiger partial charge in [-0.2, -0.15) is 0 Å². The minimum atomic E-state index is 0. The van der Waals surface area contributed by atoms with Gasteiger partial charge in [0.25, 0.3) is 0 Å². The van der Waals surface area contributed by atoms with E-state index in [1.807, 2.05) is 0 Å². The van der Waals surface area contributed by atoms with Gasteiger partial charge in [0.1, 0.15) is 0 Å². The summed E-state index contributed by atoms with van der Waals surface area (Å²) in [6.45, 7) is 0. The second kappa shape index (κ2) is 16.3. The van der Waals surface area contributed by atoms with Crippen LogP contribution in [0.3, 0.4) is 0 Å². The van der Waals surface area contributed by atoms with Gasteiger partial charge in [-0.25, -0.2) is 0 Å². The maximum atomic E-state index is 7.81. The molecule has 0 atom stereocenters. The molecule has 0 unspecified atom stereocenters. The molecule has 1 nitrogen and oxygen atoms in total. The molecule has 0 bridgehead atoms. The average Bonchev–Trinajstić information content (AvgIpc) is 1.00. The predicted molar refractivity (Wildman–Crippen MR) is 8.66 cm³/mol. The van der Waals surface area contributed by atoms with E-state index in [4.69, 9.17) is 3.83 Å². The summed E-state index contributed by atoms with van der Waals surface area (Å²) in [6.07, 6.45) is 0. The third-order valence-corrected chi connectivity index (χ3v) is 0. The Morgan fingerprint density at radius 1 is 1.50 bits per heavy atom. The van der Waals surface area contributed by atoms with Crippen molar-refractivity contribution in [3.63, 3.8) is 0 Å². The summed E-state index contributed by atoms with van der Waals surface area (Å²) in [6, 6.07) is 0. The van der Waals surface area contributed by atoms with Gasteiger partial charge < -0.3 is 2.85 Å². The van der Waals surface area contributed by atoms with Gasteiger partial charge in [0, 0.05) is 41.3 Å². The van der Waals surface area contributed by atoms with Crippen LogP contribution in [-0.4, -0.2) is 48.9 Å². The summed E-state index contributed by atoms with van der Waals surface area (Å²) in [5.41, 5.74) is 0. The van der Waals surface area contributed by atoms with Crippen molar-refractivity contribution >= 4 is 48.9 Å². The van der Waals surface area contributed by atoms with E-state index in [1.165, 1.54) is 0 Å². The van der Waals surface area contributed by atoms with E-state index in [0.717, 1.165) is 0 Å². The molecule has 0 aromatic heterocycles. The second-order valence-corrected chi connectivity index (χ2v) is 0. The number of hydrogen-bond donors (Lipinski definition) is 0. The molecule has 0 N–H and O–H groups in total. The van der Waals surface area contributed by atoms with Crippen molar-refractivity contribution in [2.24, 2.45) is 0 Å². The van der Waals surface area contributed by atoms with Gasteiger partial charge in [-0.15, -0.1) is 0 Å². The Morgan fingerprint density at radius 3 is 1.50 bits per heavy atom. The molecule has 0 saturated heterocycles. The normalized spacial score (nSPS) is 1.50. The molecule has 1 radical (unpaired) electrons. The zero-order valence-corrected chi connectivity index (χ0v) is 11.1. The van der Waals surface area contributed by atoms with Crippen molar-refractivity contribution < 1.29 is 63.9 Å². The Kier molecular flexibility index (Phi) is 63.9. The van der Waals surface area contributed by atoms with E-state index < -0.39 is 0 Å². The first-order valence-corrected chi connectivity index (χ1v) is 0.508. The van der Waals surface area contributed by atoms with Crippen molar-refractivity contribution in [2.45, 2.75) is 0 Å². The summed E-state index contributed by atoms with van der Waals surface area (Å²) in [4.78, 5) is 0. The Bertz CT molecular complexity index is 13.5. The summed E-state index contributed by atoms with van der Waals surface area (Å²) in [7, 11) is 0.